The number of carbonyl (C=O) groups is 1. The average molecular weight is 242 g/mol. The lowest BCUT2D eigenvalue weighted by atomic mass is 10.2. The van der Waals surface area contributed by atoms with Gasteiger partial charge in [-0.05, 0) is 19.1 Å². The summed E-state index contributed by atoms with van der Waals surface area (Å²) in [7, 11) is 3.73. The number of nitrogens with two attached hydrogens (primary N) is 1. The SMILES string of the molecule is C[C@@H](N)C(=O)Nc1cccc(Cl)c1N(C)C. The van der Waals surface area contributed by atoms with Crippen LogP contribution in [-0.2, 0) is 4.79 Å². The molecule has 0 aliphatic carbocycles. The first-order valence-corrected chi connectivity index (χ1v) is 5.33. The molecule has 0 fully saturated rings. The van der Waals surface area contributed by atoms with Gasteiger partial charge in [0, 0.05) is 14.1 Å². The van der Waals surface area contributed by atoms with E-state index in [4.69, 9.17) is 17.3 Å². The Morgan fingerprint density at radius 1 is 1.50 bits per heavy atom. The zero-order valence-corrected chi connectivity index (χ0v) is 10.4. The van der Waals surface area contributed by atoms with E-state index in [0.717, 1.165) is 5.69 Å². The van der Waals surface area contributed by atoms with Gasteiger partial charge in [0.25, 0.3) is 0 Å². The van der Waals surface area contributed by atoms with Crippen molar-refractivity contribution in [1.82, 2.24) is 0 Å². The van der Waals surface area contributed by atoms with E-state index in [1.54, 1.807) is 25.1 Å². The molecule has 1 rings (SSSR count). The van der Waals surface area contributed by atoms with Crippen LogP contribution in [0.3, 0.4) is 0 Å². The number of anilines is 2. The molecule has 0 spiro atoms. The Morgan fingerprint density at radius 3 is 2.62 bits per heavy atom. The maximum absolute atomic E-state index is 11.5. The zero-order chi connectivity index (χ0) is 12.3. The number of amides is 1. The minimum atomic E-state index is -0.547. The lowest BCUT2D eigenvalue weighted by Gasteiger charge is -2.19. The quantitative estimate of drug-likeness (QED) is 0.847. The fraction of sp³-hybridized carbons (Fsp3) is 0.364. The van der Waals surface area contributed by atoms with Crippen molar-refractivity contribution in [3.05, 3.63) is 23.2 Å². The number of halogens is 1. The Kier molecular flexibility index (Phi) is 4.15. The smallest absolute Gasteiger partial charge is 0.241 e. The normalized spacial score (nSPS) is 12.1. The van der Waals surface area contributed by atoms with E-state index < -0.39 is 6.04 Å². The second kappa shape index (κ2) is 5.18. The molecule has 0 radical (unpaired) electrons. The second-order valence-electron chi connectivity index (χ2n) is 3.81. The summed E-state index contributed by atoms with van der Waals surface area (Å²) in [6.45, 7) is 1.63. The van der Waals surface area contributed by atoms with Gasteiger partial charge in [0.2, 0.25) is 5.91 Å². The first kappa shape index (κ1) is 12.8. The highest BCUT2D eigenvalue weighted by Crippen LogP contribution is 2.32. The van der Waals surface area contributed by atoms with E-state index in [1.807, 2.05) is 19.0 Å². The van der Waals surface area contributed by atoms with Crippen LogP contribution in [-0.4, -0.2) is 26.0 Å². The van der Waals surface area contributed by atoms with E-state index in [-0.39, 0.29) is 5.91 Å². The predicted molar refractivity (Wildman–Crippen MR) is 68.1 cm³/mol. The predicted octanol–water partition coefficient (Wildman–Crippen LogP) is 1.69. The van der Waals surface area contributed by atoms with Crippen LogP contribution >= 0.6 is 11.6 Å². The molecule has 0 heterocycles. The standard InChI is InChI=1S/C11H16ClN3O/c1-7(13)11(16)14-9-6-4-5-8(12)10(9)15(2)3/h4-7H,13H2,1-3H3,(H,14,16)/t7-/m1/s1. The third kappa shape index (κ3) is 2.87. The molecule has 16 heavy (non-hydrogen) atoms. The summed E-state index contributed by atoms with van der Waals surface area (Å²) in [4.78, 5) is 13.3. The Bertz CT molecular complexity index is 391. The molecule has 0 aliphatic heterocycles. The molecular formula is C11H16ClN3O. The van der Waals surface area contributed by atoms with Gasteiger partial charge in [-0.25, -0.2) is 0 Å². The number of carbonyl (C=O) groups excluding carboxylic acids is 1. The highest BCUT2D eigenvalue weighted by atomic mass is 35.5. The van der Waals surface area contributed by atoms with E-state index >= 15 is 0 Å². The summed E-state index contributed by atoms with van der Waals surface area (Å²) in [5, 5.41) is 3.33. The second-order valence-corrected chi connectivity index (χ2v) is 4.22. The van der Waals surface area contributed by atoms with Crippen molar-refractivity contribution < 1.29 is 4.79 Å². The fourth-order valence-electron chi connectivity index (χ4n) is 1.32. The molecule has 0 aromatic heterocycles. The third-order valence-electron chi connectivity index (χ3n) is 2.11. The molecule has 1 amide bonds. The van der Waals surface area contributed by atoms with Crippen molar-refractivity contribution in [2.75, 3.05) is 24.3 Å². The van der Waals surface area contributed by atoms with E-state index in [2.05, 4.69) is 5.32 Å². The first-order chi connectivity index (χ1) is 7.43. The maximum atomic E-state index is 11.5. The highest BCUT2D eigenvalue weighted by Gasteiger charge is 2.13. The number of nitrogens with zero attached hydrogens (tertiary/aromatic N) is 1. The molecule has 0 aliphatic rings. The summed E-state index contributed by atoms with van der Waals surface area (Å²) < 4.78 is 0. The fourth-order valence-corrected chi connectivity index (χ4v) is 1.66. The van der Waals surface area contributed by atoms with E-state index in [0.29, 0.717) is 10.7 Å². The maximum Gasteiger partial charge on any atom is 0.241 e. The molecular weight excluding hydrogens is 226 g/mol. The molecule has 0 unspecified atom stereocenters. The molecule has 5 heteroatoms. The van der Waals surface area contributed by atoms with Gasteiger partial charge in [0.1, 0.15) is 0 Å². The molecule has 0 saturated heterocycles. The summed E-state index contributed by atoms with van der Waals surface area (Å²) in [5.41, 5.74) is 6.93. The van der Waals surface area contributed by atoms with E-state index in [9.17, 15) is 4.79 Å². The molecule has 88 valence electrons. The molecule has 3 N–H and O–H groups in total. The first-order valence-electron chi connectivity index (χ1n) is 4.95. The van der Waals surface area contributed by atoms with Gasteiger partial charge in [-0.3, -0.25) is 4.79 Å². The summed E-state index contributed by atoms with van der Waals surface area (Å²) in [5.74, 6) is -0.231. The lowest BCUT2D eigenvalue weighted by Crippen LogP contribution is -2.33. The van der Waals surface area contributed by atoms with Gasteiger partial charge in [-0.2, -0.15) is 0 Å². The Hall–Kier alpha value is -1.26. The van der Waals surface area contributed by atoms with Crippen molar-refractivity contribution in [2.24, 2.45) is 5.73 Å². The van der Waals surface area contributed by atoms with Crippen LogP contribution in [0.2, 0.25) is 5.02 Å². The van der Waals surface area contributed by atoms with Gasteiger partial charge >= 0.3 is 0 Å². The van der Waals surface area contributed by atoms with Gasteiger partial charge in [-0.15, -0.1) is 0 Å². The molecule has 1 aromatic carbocycles. The van der Waals surface area contributed by atoms with Crippen LogP contribution < -0.4 is 16.0 Å². The molecule has 0 saturated carbocycles. The number of hydrogen-bond acceptors (Lipinski definition) is 3. The number of nitrogens with one attached hydrogen (secondary N) is 1. The van der Waals surface area contributed by atoms with Crippen molar-refractivity contribution in [2.45, 2.75) is 13.0 Å². The number of para-hydroxylation sites is 1. The summed E-state index contributed by atoms with van der Waals surface area (Å²) in [6, 6.07) is 4.81. The summed E-state index contributed by atoms with van der Waals surface area (Å²) >= 11 is 6.06. The third-order valence-corrected chi connectivity index (χ3v) is 2.41. The minimum Gasteiger partial charge on any atom is -0.375 e. The van der Waals surface area contributed by atoms with Gasteiger partial charge in [0.05, 0.1) is 22.4 Å². The Morgan fingerprint density at radius 2 is 2.12 bits per heavy atom. The monoisotopic (exact) mass is 241 g/mol. The minimum absolute atomic E-state index is 0.231. The number of hydrogen-bond donors (Lipinski definition) is 2. The highest BCUT2D eigenvalue weighted by molar-refractivity contribution is 6.34. The van der Waals surface area contributed by atoms with Crippen molar-refractivity contribution in [3.8, 4) is 0 Å². The topological polar surface area (TPSA) is 58.4 Å². The van der Waals surface area contributed by atoms with E-state index in [1.165, 1.54) is 0 Å². The average Bonchev–Trinajstić information content (AvgIpc) is 2.16. The molecule has 0 bridgehead atoms. The van der Waals surface area contributed by atoms with Gasteiger partial charge in [0.15, 0.2) is 0 Å². The summed E-state index contributed by atoms with van der Waals surface area (Å²) in [6.07, 6.45) is 0. The molecule has 1 atom stereocenters. The molecule has 4 nitrogen and oxygen atoms in total. The van der Waals surface area contributed by atoms with Crippen LogP contribution in [0, 0.1) is 0 Å². The Labute approximate surface area is 100 Å². The molecule has 1 aromatic rings. The largest absolute Gasteiger partial charge is 0.375 e. The van der Waals surface area contributed by atoms with Crippen LogP contribution in [0.25, 0.3) is 0 Å². The van der Waals surface area contributed by atoms with Gasteiger partial charge in [-0.1, -0.05) is 17.7 Å². The van der Waals surface area contributed by atoms with Crippen LogP contribution in [0.5, 0.6) is 0 Å². The van der Waals surface area contributed by atoms with Gasteiger partial charge < -0.3 is 16.0 Å². The Balaban J connectivity index is 3.04. The zero-order valence-electron chi connectivity index (χ0n) is 9.62. The van der Waals surface area contributed by atoms with Crippen molar-refractivity contribution in [3.63, 3.8) is 0 Å². The van der Waals surface area contributed by atoms with Crippen molar-refractivity contribution >= 4 is 28.9 Å². The number of rotatable bonds is 3. The van der Waals surface area contributed by atoms with Crippen molar-refractivity contribution in [1.29, 1.82) is 0 Å². The van der Waals surface area contributed by atoms with Crippen LogP contribution in [0.1, 0.15) is 6.92 Å². The lowest BCUT2D eigenvalue weighted by molar-refractivity contribution is -0.117. The van der Waals surface area contributed by atoms with Crippen LogP contribution in [0.4, 0.5) is 11.4 Å². The van der Waals surface area contributed by atoms with Crippen LogP contribution in [0.15, 0.2) is 18.2 Å². The number of benzene rings is 1.